The third-order valence-corrected chi connectivity index (χ3v) is 2.83. The minimum absolute atomic E-state index is 0.207. The minimum Gasteiger partial charge on any atom is -0.487 e. The molecule has 0 bridgehead atoms. The summed E-state index contributed by atoms with van der Waals surface area (Å²) < 4.78 is 43.3. The molecule has 0 unspecified atom stereocenters. The summed E-state index contributed by atoms with van der Waals surface area (Å²) in [7, 11) is 0. The van der Waals surface area contributed by atoms with Gasteiger partial charge in [0.25, 0.3) is 0 Å². The molecule has 0 amide bonds. The maximum Gasteiger partial charge on any atom is 0.416 e. The van der Waals surface area contributed by atoms with Crippen LogP contribution in [0, 0.1) is 0 Å². The summed E-state index contributed by atoms with van der Waals surface area (Å²) in [6, 6.07) is 8.16. The maximum absolute atomic E-state index is 12.4. The van der Waals surface area contributed by atoms with Gasteiger partial charge >= 0.3 is 6.18 Å². The Morgan fingerprint density at radius 1 is 1.05 bits per heavy atom. The molecule has 0 saturated carbocycles. The van der Waals surface area contributed by atoms with Crippen LogP contribution in [0.25, 0.3) is 0 Å². The average molecular weight is 332 g/mol. The molecule has 100 valence electrons. The topological polar surface area (TPSA) is 22.1 Å². The molecule has 0 aliphatic carbocycles. The molecule has 19 heavy (non-hydrogen) atoms. The van der Waals surface area contributed by atoms with Crippen LogP contribution >= 0.6 is 15.9 Å². The molecular formula is C13H9BrF3NO. The molecule has 0 spiro atoms. The number of alkyl halides is 3. The van der Waals surface area contributed by atoms with Gasteiger partial charge in [0, 0.05) is 10.7 Å². The van der Waals surface area contributed by atoms with Crippen LogP contribution in [-0.2, 0) is 12.8 Å². The predicted octanol–water partition coefficient (Wildman–Crippen LogP) is 4.44. The summed E-state index contributed by atoms with van der Waals surface area (Å²) in [6.45, 7) is 0.207. The Labute approximate surface area is 116 Å². The normalized spacial score (nSPS) is 11.4. The van der Waals surface area contributed by atoms with Crippen molar-refractivity contribution >= 4 is 15.9 Å². The lowest BCUT2D eigenvalue weighted by molar-refractivity contribution is -0.137. The summed E-state index contributed by atoms with van der Waals surface area (Å²) in [4.78, 5) is 4.10. The van der Waals surface area contributed by atoms with Crippen molar-refractivity contribution in [3.8, 4) is 5.75 Å². The minimum atomic E-state index is -4.33. The molecule has 6 heteroatoms. The number of nitrogens with zero attached hydrogens (tertiary/aromatic N) is 1. The second-order valence-electron chi connectivity index (χ2n) is 3.78. The van der Waals surface area contributed by atoms with E-state index in [-0.39, 0.29) is 6.61 Å². The molecule has 1 heterocycles. The van der Waals surface area contributed by atoms with Crippen molar-refractivity contribution < 1.29 is 17.9 Å². The van der Waals surface area contributed by atoms with Gasteiger partial charge in [0.1, 0.15) is 12.4 Å². The number of ether oxygens (including phenoxy) is 1. The Balaban J connectivity index is 1.98. The van der Waals surface area contributed by atoms with Crippen LogP contribution in [0.1, 0.15) is 11.3 Å². The van der Waals surface area contributed by atoms with Crippen LogP contribution in [-0.4, -0.2) is 4.98 Å². The van der Waals surface area contributed by atoms with Gasteiger partial charge in [0.05, 0.1) is 11.3 Å². The number of hydrogen-bond acceptors (Lipinski definition) is 2. The maximum atomic E-state index is 12.4. The van der Waals surface area contributed by atoms with Gasteiger partial charge < -0.3 is 4.74 Å². The second kappa shape index (κ2) is 5.61. The standard InChI is InChI=1S/C13H9BrF3NO/c14-10-3-4-11(18-7-10)8-19-12-5-1-9(2-6-12)13(15,16)17/h1-7H,8H2. The number of hydrogen-bond donors (Lipinski definition) is 0. The quantitative estimate of drug-likeness (QED) is 0.829. The number of halogens is 4. The highest BCUT2D eigenvalue weighted by Crippen LogP contribution is 2.30. The monoisotopic (exact) mass is 331 g/mol. The molecule has 0 N–H and O–H groups in total. The molecular weight excluding hydrogens is 323 g/mol. The molecule has 0 radical (unpaired) electrons. The van der Waals surface area contributed by atoms with Gasteiger partial charge in [-0.1, -0.05) is 0 Å². The number of rotatable bonds is 3. The smallest absolute Gasteiger partial charge is 0.416 e. The fourth-order valence-corrected chi connectivity index (χ4v) is 1.62. The first kappa shape index (κ1) is 13.9. The van der Waals surface area contributed by atoms with Gasteiger partial charge in [0.2, 0.25) is 0 Å². The Bertz CT molecular complexity index is 537. The zero-order valence-electron chi connectivity index (χ0n) is 9.62. The van der Waals surface area contributed by atoms with E-state index in [4.69, 9.17) is 4.74 Å². The van der Waals surface area contributed by atoms with E-state index in [1.807, 2.05) is 6.07 Å². The Kier molecular flexibility index (Phi) is 4.09. The molecule has 1 aromatic carbocycles. The van der Waals surface area contributed by atoms with Crippen molar-refractivity contribution in [3.05, 3.63) is 58.3 Å². The fourth-order valence-electron chi connectivity index (χ4n) is 1.39. The highest BCUT2D eigenvalue weighted by Gasteiger charge is 2.29. The summed E-state index contributed by atoms with van der Waals surface area (Å²) in [5.74, 6) is 0.373. The molecule has 2 rings (SSSR count). The molecule has 0 aliphatic rings. The van der Waals surface area contributed by atoms with Gasteiger partial charge in [-0.15, -0.1) is 0 Å². The number of benzene rings is 1. The first-order valence-electron chi connectivity index (χ1n) is 5.35. The largest absolute Gasteiger partial charge is 0.487 e. The first-order chi connectivity index (χ1) is 8.95. The number of pyridine rings is 1. The first-order valence-corrected chi connectivity index (χ1v) is 6.15. The molecule has 1 aromatic heterocycles. The number of aromatic nitrogens is 1. The molecule has 0 fully saturated rings. The zero-order valence-corrected chi connectivity index (χ0v) is 11.2. The fraction of sp³-hybridized carbons (Fsp3) is 0.154. The zero-order chi connectivity index (χ0) is 13.9. The van der Waals surface area contributed by atoms with Crippen LogP contribution in [0.15, 0.2) is 47.1 Å². The molecule has 2 nitrogen and oxygen atoms in total. The molecule has 0 aliphatic heterocycles. The lowest BCUT2D eigenvalue weighted by Gasteiger charge is -2.09. The van der Waals surface area contributed by atoms with Crippen LogP contribution in [0.5, 0.6) is 5.75 Å². The van der Waals surface area contributed by atoms with E-state index in [1.54, 1.807) is 12.3 Å². The SMILES string of the molecule is FC(F)(F)c1ccc(OCc2ccc(Br)cn2)cc1. The molecule has 0 saturated heterocycles. The van der Waals surface area contributed by atoms with Crippen LogP contribution < -0.4 is 4.74 Å². The van der Waals surface area contributed by atoms with Crippen LogP contribution in [0.2, 0.25) is 0 Å². The molecule has 2 aromatic rings. The van der Waals surface area contributed by atoms with Crippen molar-refractivity contribution in [3.63, 3.8) is 0 Å². The van der Waals surface area contributed by atoms with E-state index in [2.05, 4.69) is 20.9 Å². The Morgan fingerprint density at radius 3 is 2.26 bits per heavy atom. The Hall–Kier alpha value is -1.56. The third kappa shape index (κ3) is 3.96. The van der Waals surface area contributed by atoms with Crippen molar-refractivity contribution in [2.75, 3.05) is 0 Å². The van der Waals surface area contributed by atoms with Crippen LogP contribution in [0.4, 0.5) is 13.2 Å². The van der Waals surface area contributed by atoms with E-state index in [9.17, 15) is 13.2 Å². The van der Waals surface area contributed by atoms with Gasteiger partial charge in [0.15, 0.2) is 0 Å². The van der Waals surface area contributed by atoms with Crippen molar-refractivity contribution in [1.82, 2.24) is 4.98 Å². The van der Waals surface area contributed by atoms with Gasteiger partial charge in [-0.3, -0.25) is 4.98 Å². The molecule has 0 atom stereocenters. The Morgan fingerprint density at radius 2 is 1.74 bits per heavy atom. The predicted molar refractivity (Wildman–Crippen MR) is 67.7 cm³/mol. The van der Waals surface area contributed by atoms with E-state index in [0.717, 1.165) is 16.6 Å². The van der Waals surface area contributed by atoms with E-state index in [0.29, 0.717) is 11.4 Å². The summed E-state index contributed by atoms with van der Waals surface area (Å²) in [6.07, 6.45) is -2.70. The van der Waals surface area contributed by atoms with Crippen LogP contribution in [0.3, 0.4) is 0 Å². The van der Waals surface area contributed by atoms with Gasteiger partial charge in [-0.25, -0.2) is 0 Å². The van der Waals surface area contributed by atoms with E-state index < -0.39 is 11.7 Å². The summed E-state index contributed by atoms with van der Waals surface area (Å²) >= 11 is 3.26. The second-order valence-corrected chi connectivity index (χ2v) is 4.69. The van der Waals surface area contributed by atoms with Gasteiger partial charge in [-0.05, 0) is 52.3 Å². The average Bonchev–Trinajstić information content (AvgIpc) is 2.37. The highest BCUT2D eigenvalue weighted by atomic mass is 79.9. The summed E-state index contributed by atoms with van der Waals surface area (Å²) in [5, 5.41) is 0. The van der Waals surface area contributed by atoms with Crippen molar-refractivity contribution in [1.29, 1.82) is 0 Å². The van der Waals surface area contributed by atoms with E-state index >= 15 is 0 Å². The summed E-state index contributed by atoms with van der Waals surface area (Å²) in [5.41, 5.74) is 0.00437. The lowest BCUT2D eigenvalue weighted by atomic mass is 10.2. The van der Waals surface area contributed by atoms with Crippen molar-refractivity contribution in [2.45, 2.75) is 12.8 Å². The highest BCUT2D eigenvalue weighted by molar-refractivity contribution is 9.10. The lowest BCUT2D eigenvalue weighted by Crippen LogP contribution is -2.04. The van der Waals surface area contributed by atoms with E-state index in [1.165, 1.54) is 12.1 Å². The van der Waals surface area contributed by atoms with Gasteiger partial charge in [-0.2, -0.15) is 13.2 Å². The third-order valence-electron chi connectivity index (χ3n) is 2.36. The van der Waals surface area contributed by atoms with Crippen molar-refractivity contribution in [2.24, 2.45) is 0 Å².